The number of rotatable bonds is 6. The number of aromatic hydroxyl groups is 1. The number of aromatic amines is 1. The Balaban J connectivity index is 1.95. The van der Waals surface area contributed by atoms with Crippen molar-refractivity contribution in [2.24, 2.45) is 0 Å². The first kappa shape index (κ1) is 16.7. The maximum absolute atomic E-state index is 10.1. The largest absolute Gasteiger partial charge is 0.508 e. The number of H-pyrrole nitrogens is 1. The monoisotopic (exact) mass is 344 g/mol. The van der Waals surface area contributed by atoms with E-state index in [4.69, 9.17) is 11.6 Å². The summed E-state index contributed by atoms with van der Waals surface area (Å²) in [6.07, 6.45) is 2.24. The van der Waals surface area contributed by atoms with Crippen LogP contribution in [0.25, 0.3) is 11.0 Å². The van der Waals surface area contributed by atoms with E-state index in [1.54, 1.807) is 18.2 Å². The van der Waals surface area contributed by atoms with Gasteiger partial charge in [-0.2, -0.15) is 0 Å². The van der Waals surface area contributed by atoms with Crippen molar-refractivity contribution >= 4 is 28.6 Å². The van der Waals surface area contributed by atoms with Gasteiger partial charge in [0.1, 0.15) is 22.8 Å². The minimum absolute atomic E-state index is 0.0790. The predicted molar refractivity (Wildman–Crippen MR) is 98.6 cm³/mol. The number of nitrogens with one attached hydrogen (secondary N) is 2. The van der Waals surface area contributed by atoms with Crippen molar-refractivity contribution in [2.75, 3.05) is 5.32 Å². The molecule has 0 aliphatic heterocycles. The van der Waals surface area contributed by atoms with Gasteiger partial charge in [0.2, 0.25) is 0 Å². The average Bonchev–Trinajstić information content (AvgIpc) is 2.92. The number of aryl methyl sites for hydroxylation is 1. The standard InChI is InChI=1S/C19H22ClN3O/c1-3-4-11-23-17-8-6-5-7-16(17)22-19(23)21-13(2)15-12-14(20)9-10-18(15)24/h5-10,12-13H,3-4,11H2,1-2H3,(H2,21,22,24)/p+1. The van der Waals surface area contributed by atoms with Gasteiger partial charge in [0.25, 0.3) is 0 Å². The van der Waals surface area contributed by atoms with Crippen LogP contribution >= 0.6 is 11.6 Å². The maximum atomic E-state index is 10.1. The van der Waals surface area contributed by atoms with Crippen molar-refractivity contribution in [3.63, 3.8) is 0 Å². The van der Waals surface area contributed by atoms with Crippen LogP contribution in [0.15, 0.2) is 42.5 Å². The van der Waals surface area contributed by atoms with Crippen molar-refractivity contribution in [2.45, 2.75) is 39.3 Å². The molecule has 0 aliphatic rings. The summed E-state index contributed by atoms with van der Waals surface area (Å²) >= 11 is 6.08. The average molecular weight is 345 g/mol. The molecule has 24 heavy (non-hydrogen) atoms. The third-order valence-corrected chi connectivity index (χ3v) is 4.50. The topological polar surface area (TPSA) is 51.9 Å². The summed E-state index contributed by atoms with van der Waals surface area (Å²) in [7, 11) is 0. The number of unbranched alkanes of at least 4 members (excludes halogenated alkanes) is 1. The van der Waals surface area contributed by atoms with E-state index in [2.05, 4.69) is 40.0 Å². The predicted octanol–water partition coefficient (Wildman–Crippen LogP) is 4.79. The summed E-state index contributed by atoms with van der Waals surface area (Å²) in [6.45, 7) is 5.15. The summed E-state index contributed by atoms with van der Waals surface area (Å²) < 4.78 is 2.26. The Hall–Kier alpha value is -2.20. The number of hydrogen-bond donors (Lipinski definition) is 3. The van der Waals surface area contributed by atoms with E-state index in [0.29, 0.717) is 5.02 Å². The fraction of sp³-hybridized carbons (Fsp3) is 0.316. The highest BCUT2D eigenvalue weighted by atomic mass is 35.5. The van der Waals surface area contributed by atoms with E-state index in [0.717, 1.165) is 36.4 Å². The number of para-hydroxylation sites is 2. The molecule has 0 amide bonds. The molecule has 5 heteroatoms. The number of benzene rings is 2. The summed E-state index contributed by atoms with van der Waals surface area (Å²) in [4.78, 5) is 3.45. The van der Waals surface area contributed by atoms with Crippen molar-refractivity contribution in [3.8, 4) is 5.75 Å². The van der Waals surface area contributed by atoms with Gasteiger partial charge in [-0.25, -0.2) is 9.55 Å². The number of phenolic OH excluding ortho intramolecular Hbond substituents is 1. The molecule has 1 atom stereocenters. The van der Waals surface area contributed by atoms with Crippen LogP contribution in [0.3, 0.4) is 0 Å². The van der Waals surface area contributed by atoms with Crippen molar-refractivity contribution in [1.29, 1.82) is 0 Å². The van der Waals surface area contributed by atoms with Crippen LogP contribution in [-0.2, 0) is 6.54 Å². The number of nitrogens with zero attached hydrogens (tertiary/aromatic N) is 1. The van der Waals surface area contributed by atoms with E-state index >= 15 is 0 Å². The van der Waals surface area contributed by atoms with Gasteiger partial charge >= 0.3 is 5.95 Å². The molecule has 0 aliphatic carbocycles. The van der Waals surface area contributed by atoms with Gasteiger partial charge in [0, 0.05) is 10.6 Å². The van der Waals surface area contributed by atoms with E-state index in [9.17, 15) is 5.11 Å². The van der Waals surface area contributed by atoms with Gasteiger partial charge in [-0.05, 0) is 43.7 Å². The highest BCUT2D eigenvalue weighted by Crippen LogP contribution is 2.29. The minimum atomic E-state index is -0.0790. The van der Waals surface area contributed by atoms with Gasteiger partial charge in [-0.1, -0.05) is 37.1 Å². The number of fused-ring (bicyclic) bond motifs is 1. The van der Waals surface area contributed by atoms with Crippen LogP contribution in [0.4, 0.5) is 5.95 Å². The number of anilines is 1. The van der Waals surface area contributed by atoms with E-state index in [1.165, 1.54) is 5.52 Å². The molecule has 126 valence electrons. The smallest absolute Gasteiger partial charge is 0.356 e. The van der Waals surface area contributed by atoms with Gasteiger partial charge in [-0.15, -0.1) is 0 Å². The first-order valence-corrected chi connectivity index (χ1v) is 8.73. The van der Waals surface area contributed by atoms with Gasteiger partial charge in [0.15, 0.2) is 0 Å². The summed E-state index contributed by atoms with van der Waals surface area (Å²) in [6, 6.07) is 13.3. The van der Waals surface area contributed by atoms with Crippen molar-refractivity contribution in [3.05, 3.63) is 53.1 Å². The van der Waals surface area contributed by atoms with E-state index in [-0.39, 0.29) is 11.8 Å². The number of hydrogen-bond acceptors (Lipinski definition) is 2. The lowest BCUT2D eigenvalue weighted by molar-refractivity contribution is -0.657. The third-order valence-electron chi connectivity index (χ3n) is 4.26. The summed E-state index contributed by atoms with van der Waals surface area (Å²) in [5, 5.41) is 14.2. The lowest BCUT2D eigenvalue weighted by atomic mass is 10.1. The molecular weight excluding hydrogens is 322 g/mol. The van der Waals surface area contributed by atoms with Crippen LogP contribution in [0.1, 0.15) is 38.3 Å². The molecule has 3 aromatic rings. The van der Waals surface area contributed by atoms with Gasteiger partial charge < -0.3 is 5.11 Å². The summed E-state index contributed by atoms with van der Waals surface area (Å²) in [5.41, 5.74) is 3.05. The first-order valence-electron chi connectivity index (χ1n) is 8.35. The molecule has 1 unspecified atom stereocenters. The van der Waals surface area contributed by atoms with Gasteiger partial charge in [0.05, 0.1) is 6.54 Å². The van der Waals surface area contributed by atoms with Gasteiger partial charge in [-0.3, -0.25) is 5.32 Å². The normalized spacial score (nSPS) is 12.5. The Morgan fingerprint density at radius 1 is 1.25 bits per heavy atom. The maximum Gasteiger partial charge on any atom is 0.356 e. The van der Waals surface area contributed by atoms with Crippen LogP contribution in [0.5, 0.6) is 5.75 Å². The highest BCUT2D eigenvalue weighted by Gasteiger charge is 2.21. The van der Waals surface area contributed by atoms with Crippen LogP contribution in [0, 0.1) is 0 Å². The fourth-order valence-electron chi connectivity index (χ4n) is 2.95. The van der Waals surface area contributed by atoms with Crippen LogP contribution < -0.4 is 9.88 Å². The van der Waals surface area contributed by atoms with E-state index in [1.807, 2.05) is 13.0 Å². The SMILES string of the molecule is CCCC[n+]1c(NC(C)c2cc(Cl)ccc2O)[nH]c2ccccc21. The highest BCUT2D eigenvalue weighted by molar-refractivity contribution is 6.30. The Morgan fingerprint density at radius 2 is 2.04 bits per heavy atom. The first-order chi connectivity index (χ1) is 11.6. The second-order valence-corrected chi connectivity index (χ2v) is 6.50. The Kier molecular flexibility index (Phi) is 4.95. The lowest BCUT2D eigenvalue weighted by Gasteiger charge is -2.13. The van der Waals surface area contributed by atoms with Crippen molar-refractivity contribution in [1.82, 2.24) is 4.98 Å². The molecular formula is C19H23ClN3O+. The lowest BCUT2D eigenvalue weighted by Crippen LogP contribution is -2.36. The third kappa shape index (κ3) is 3.34. The van der Waals surface area contributed by atoms with E-state index < -0.39 is 0 Å². The molecule has 1 heterocycles. The second kappa shape index (κ2) is 7.14. The molecule has 3 N–H and O–H groups in total. The second-order valence-electron chi connectivity index (χ2n) is 6.07. The Morgan fingerprint density at radius 3 is 2.83 bits per heavy atom. The molecule has 0 saturated heterocycles. The molecule has 3 rings (SSSR count). The zero-order chi connectivity index (χ0) is 17.1. The zero-order valence-corrected chi connectivity index (χ0v) is 14.8. The quantitative estimate of drug-likeness (QED) is 0.563. The minimum Gasteiger partial charge on any atom is -0.508 e. The molecule has 2 aromatic carbocycles. The summed E-state index contributed by atoms with van der Waals surface area (Å²) in [5.74, 6) is 1.19. The number of aromatic nitrogens is 2. The number of imidazole rings is 1. The molecule has 1 aromatic heterocycles. The molecule has 4 nitrogen and oxygen atoms in total. The molecule has 0 fully saturated rings. The molecule has 0 bridgehead atoms. The van der Waals surface area contributed by atoms with Crippen molar-refractivity contribution < 1.29 is 9.67 Å². The Bertz CT molecular complexity index is 844. The van der Waals surface area contributed by atoms with Crippen LogP contribution in [0.2, 0.25) is 5.02 Å². The number of phenols is 1. The zero-order valence-electron chi connectivity index (χ0n) is 14.0. The van der Waals surface area contributed by atoms with Crippen LogP contribution in [-0.4, -0.2) is 10.1 Å². The number of halogens is 1. The molecule has 0 spiro atoms. The molecule has 0 saturated carbocycles. The molecule has 0 radical (unpaired) electrons. The fourth-order valence-corrected chi connectivity index (χ4v) is 3.13. The Labute approximate surface area is 147 Å².